The number of thioether (sulfide) groups is 1. The van der Waals surface area contributed by atoms with Crippen molar-refractivity contribution in [1.29, 1.82) is 0 Å². The molecule has 1 aliphatic rings. The molecule has 162 valence electrons. The number of carbonyl (C=O) groups excluding carboxylic acids is 2. The number of morpholine rings is 1. The van der Waals surface area contributed by atoms with Crippen molar-refractivity contribution in [1.82, 2.24) is 20.1 Å². The topological polar surface area (TPSA) is 98.6 Å². The van der Waals surface area contributed by atoms with Crippen LogP contribution in [0.3, 0.4) is 0 Å². The number of rotatable bonds is 9. The molecule has 30 heavy (non-hydrogen) atoms. The number of esters is 1. The predicted molar refractivity (Wildman–Crippen MR) is 109 cm³/mol. The Hall–Kier alpha value is -2.66. The zero-order valence-corrected chi connectivity index (χ0v) is 17.5. The van der Waals surface area contributed by atoms with Crippen LogP contribution in [-0.4, -0.2) is 72.4 Å². The van der Waals surface area contributed by atoms with Crippen LogP contribution in [0.1, 0.15) is 12.8 Å². The Balaban J connectivity index is 1.67. The van der Waals surface area contributed by atoms with Gasteiger partial charge >= 0.3 is 5.97 Å². The summed E-state index contributed by atoms with van der Waals surface area (Å²) in [6.45, 7) is 2.83. The summed E-state index contributed by atoms with van der Waals surface area (Å²) >= 11 is 1.21. The summed E-state index contributed by atoms with van der Waals surface area (Å²) in [6, 6.07) is 6.17. The van der Waals surface area contributed by atoms with Gasteiger partial charge in [-0.3, -0.25) is 14.2 Å². The van der Waals surface area contributed by atoms with Gasteiger partial charge in [-0.25, -0.2) is 4.39 Å². The molecule has 1 aromatic heterocycles. The Labute approximate surface area is 177 Å². The summed E-state index contributed by atoms with van der Waals surface area (Å²) in [7, 11) is 1.33. The summed E-state index contributed by atoms with van der Waals surface area (Å²) in [4.78, 5) is 25.3. The van der Waals surface area contributed by atoms with Crippen LogP contribution in [-0.2, 0) is 19.1 Å². The third kappa shape index (κ3) is 5.92. The number of amides is 1. The van der Waals surface area contributed by atoms with Gasteiger partial charge < -0.3 is 19.7 Å². The van der Waals surface area contributed by atoms with E-state index in [0.717, 1.165) is 0 Å². The predicted octanol–water partition coefficient (Wildman–Crippen LogP) is 1.40. The van der Waals surface area contributed by atoms with Crippen LogP contribution in [0.5, 0.6) is 0 Å². The fourth-order valence-electron chi connectivity index (χ4n) is 2.91. The number of aromatic nitrogens is 3. The number of ether oxygens (including phenoxy) is 2. The molecule has 0 unspecified atom stereocenters. The monoisotopic (exact) mass is 437 g/mol. The van der Waals surface area contributed by atoms with E-state index in [2.05, 4.69) is 20.3 Å². The highest BCUT2D eigenvalue weighted by Gasteiger charge is 2.22. The summed E-state index contributed by atoms with van der Waals surface area (Å²) in [6.07, 6.45) is 0.754. The number of halogens is 1. The van der Waals surface area contributed by atoms with Crippen molar-refractivity contribution in [3.63, 3.8) is 0 Å². The van der Waals surface area contributed by atoms with Gasteiger partial charge in [0, 0.05) is 26.1 Å². The molecule has 3 rings (SSSR count). The van der Waals surface area contributed by atoms with E-state index >= 15 is 0 Å². The Morgan fingerprint density at radius 2 is 2.10 bits per heavy atom. The first-order valence-corrected chi connectivity index (χ1v) is 10.6. The van der Waals surface area contributed by atoms with Gasteiger partial charge in [-0.15, -0.1) is 10.2 Å². The molecule has 0 radical (unpaired) electrons. The number of hydrogen-bond donors (Lipinski definition) is 1. The quantitative estimate of drug-likeness (QED) is 0.357. The van der Waals surface area contributed by atoms with Gasteiger partial charge in [-0.05, 0) is 24.6 Å². The third-order valence-corrected chi connectivity index (χ3v) is 5.35. The number of benzene rings is 1. The van der Waals surface area contributed by atoms with Crippen molar-refractivity contribution in [3.8, 4) is 5.69 Å². The minimum Gasteiger partial charge on any atom is -0.469 e. The van der Waals surface area contributed by atoms with E-state index in [4.69, 9.17) is 4.74 Å². The highest BCUT2D eigenvalue weighted by atomic mass is 32.2. The highest BCUT2D eigenvalue weighted by Crippen LogP contribution is 2.27. The second kappa shape index (κ2) is 10.9. The number of nitrogens with one attached hydrogen (secondary N) is 1. The summed E-state index contributed by atoms with van der Waals surface area (Å²) in [5, 5.41) is 11.8. The van der Waals surface area contributed by atoms with Crippen LogP contribution in [0.25, 0.3) is 5.69 Å². The van der Waals surface area contributed by atoms with Crippen molar-refractivity contribution in [2.45, 2.75) is 18.0 Å². The number of anilines is 1. The largest absolute Gasteiger partial charge is 0.469 e. The van der Waals surface area contributed by atoms with Gasteiger partial charge in [-0.1, -0.05) is 17.8 Å². The molecule has 2 aromatic rings. The van der Waals surface area contributed by atoms with Gasteiger partial charge in [-0.2, -0.15) is 0 Å². The van der Waals surface area contributed by atoms with E-state index < -0.39 is 0 Å². The molecule has 0 aliphatic carbocycles. The standard InChI is InChI=1S/C19H24FN5O4S/c1-28-17(27)6-3-7-21-16(26)13-30-19-23-22-18(24-8-10-29-11-9-24)25(19)15-5-2-4-14(20)12-15/h2,4-5,12H,3,6-11,13H2,1H3,(H,21,26). The molecular weight excluding hydrogens is 413 g/mol. The Bertz CT molecular complexity index is 872. The molecule has 0 spiro atoms. The molecule has 0 saturated carbocycles. The summed E-state index contributed by atoms with van der Waals surface area (Å²) < 4.78 is 25.6. The van der Waals surface area contributed by atoms with Crippen LogP contribution in [0.15, 0.2) is 29.4 Å². The lowest BCUT2D eigenvalue weighted by Gasteiger charge is -2.27. The van der Waals surface area contributed by atoms with Crippen molar-refractivity contribution in [3.05, 3.63) is 30.1 Å². The first-order chi connectivity index (χ1) is 14.6. The number of methoxy groups -OCH3 is 1. The van der Waals surface area contributed by atoms with Gasteiger partial charge in [0.1, 0.15) is 5.82 Å². The SMILES string of the molecule is COC(=O)CCCNC(=O)CSc1nnc(N2CCOCC2)n1-c1cccc(F)c1. The van der Waals surface area contributed by atoms with Crippen LogP contribution >= 0.6 is 11.8 Å². The summed E-state index contributed by atoms with van der Waals surface area (Å²) in [5.41, 5.74) is 0.586. The smallest absolute Gasteiger partial charge is 0.305 e. The normalized spacial score (nSPS) is 13.9. The van der Waals surface area contributed by atoms with Gasteiger partial charge in [0.15, 0.2) is 5.16 Å². The average Bonchev–Trinajstić information content (AvgIpc) is 3.19. The van der Waals surface area contributed by atoms with Gasteiger partial charge in [0.05, 0.1) is 31.8 Å². The minimum absolute atomic E-state index is 0.120. The lowest BCUT2D eigenvalue weighted by Crippen LogP contribution is -2.37. The second-order valence-corrected chi connectivity index (χ2v) is 7.46. The van der Waals surface area contributed by atoms with Crippen LogP contribution in [0.2, 0.25) is 0 Å². The first kappa shape index (κ1) is 22.0. The maximum atomic E-state index is 13.8. The first-order valence-electron chi connectivity index (χ1n) is 9.59. The fraction of sp³-hybridized carbons (Fsp3) is 0.474. The number of hydrogen-bond acceptors (Lipinski definition) is 8. The molecule has 0 atom stereocenters. The van der Waals surface area contributed by atoms with E-state index in [1.807, 2.05) is 4.90 Å². The van der Waals surface area contributed by atoms with E-state index in [0.29, 0.717) is 56.1 Å². The maximum absolute atomic E-state index is 13.8. The fourth-order valence-corrected chi connectivity index (χ4v) is 3.69. The minimum atomic E-state index is -0.367. The summed E-state index contributed by atoms with van der Waals surface area (Å²) in [5.74, 6) is -0.156. The molecular formula is C19H24FN5O4S. The van der Waals surface area contributed by atoms with Crippen LogP contribution in [0, 0.1) is 5.82 Å². The van der Waals surface area contributed by atoms with E-state index in [1.54, 1.807) is 16.7 Å². The average molecular weight is 437 g/mol. The number of nitrogens with zero attached hydrogens (tertiary/aromatic N) is 4. The Morgan fingerprint density at radius 3 is 2.83 bits per heavy atom. The highest BCUT2D eigenvalue weighted by molar-refractivity contribution is 7.99. The van der Waals surface area contributed by atoms with Crippen molar-refractivity contribution in [2.24, 2.45) is 0 Å². The molecule has 9 nitrogen and oxygen atoms in total. The molecule has 1 amide bonds. The number of carbonyl (C=O) groups is 2. The zero-order chi connectivity index (χ0) is 21.3. The maximum Gasteiger partial charge on any atom is 0.305 e. The van der Waals surface area contributed by atoms with Crippen molar-refractivity contribution >= 4 is 29.6 Å². The zero-order valence-electron chi connectivity index (χ0n) is 16.7. The van der Waals surface area contributed by atoms with Gasteiger partial charge in [0.2, 0.25) is 11.9 Å². The van der Waals surface area contributed by atoms with E-state index in [9.17, 15) is 14.0 Å². The van der Waals surface area contributed by atoms with E-state index in [-0.39, 0.29) is 29.9 Å². The van der Waals surface area contributed by atoms with Crippen LogP contribution < -0.4 is 10.2 Å². The molecule has 2 heterocycles. The lowest BCUT2D eigenvalue weighted by molar-refractivity contribution is -0.140. The molecule has 1 fully saturated rings. The second-order valence-electron chi connectivity index (χ2n) is 6.52. The molecule has 11 heteroatoms. The van der Waals surface area contributed by atoms with E-state index in [1.165, 1.54) is 31.0 Å². The third-order valence-electron chi connectivity index (χ3n) is 4.42. The molecule has 1 aliphatic heterocycles. The van der Waals surface area contributed by atoms with Gasteiger partial charge in [0.25, 0.3) is 0 Å². The Kier molecular flexibility index (Phi) is 8.03. The molecule has 1 saturated heterocycles. The van der Waals surface area contributed by atoms with Crippen molar-refractivity contribution in [2.75, 3.05) is 50.6 Å². The molecule has 0 bridgehead atoms. The van der Waals surface area contributed by atoms with Crippen molar-refractivity contribution < 1.29 is 23.5 Å². The molecule has 1 N–H and O–H groups in total. The molecule has 1 aromatic carbocycles. The van der Waals surface area contributed by atoms with Crippen LogP contribution in [0.4, 0.5) is 10.3 Å². The Morgan fingerprint density at radius 1 is 1.30 bits per heavy atom. The lowest BCUT2D eigenvalue weighted by atomic mass is 10.3.